The van der Waals surface area contributed by atoms with Crippen LogP contribution < -0.4 is 5.32 Å². The lowest BCUT2D eigenvalue weighted by molar-refractivity contribution is -0.150. The van der Waals surface area contributed by atoms with E-state index in [4.69, 9.17) is 0 Å². The lowest BCUT2D eigenvalue weighted by Gasteiger charge is -2.39. The molecule has 1 aliphatic heterocycles. The summed E-state index contributed by atoms with van der Waals surface area (Å²) in [4.78, 5) is 31.3. The van der Waals surface area contributed by atoms with Gasteiger partial charge in [-0.25, -0.2) is 4.98 Å². The number of amides is 2. The van der Waals surface area contributed by atoms with Gasteiger partial charge in [0.1, 0.15) is 12.1 Å². The molecule has 0 aromatic carbocycles. The molecule has 19 heavy (non-hydrogen) atoms. The average molecular weight is 281 g/mol. The van der Waals surface area contributed by atoms with Crippen LogP contribution in [0.25, 0.3) is 0 Å². The standard InChI is InChI=1S/C13H19N3O2S/c1-6-11(19-10(5)14-6)8(3)16-9(4)12(17)15-7(2)13(16)18/h7-9H,1-5H3,(H,15,17). The van der Waals surface area contributed by atoms with Crippen molar-refractivity contribution in [2.45, 2.75) is 52.7 Å². The van der Waals surface area contributed by atoms with Gasteiger partial charge in [-0.05, 0) is 34.6 Å². The molecule has 0 radical (unpaired) electrons. The third-order valence-electron chi connectivity index (χ3n) is 3.52. The van der Waals surface area contributed by atoms with Crippen molar-refractivity contribution in [3.63, 3.8) is 0 Å². The first kappa shape index (κ1) is 14.0. The molecule has 0 bridgehead atoms. The van der Waals surface area contributed by atoms with Gasteiger partial charge in [-0.1, -0.05) is 0 Å². The average Bonchev–Trinajstić information content (AvgIpc) is 2.66. The molecule has 1 aliphatic rings. The van der Waals surface area contributed by atoms with E-state index >= 15 is 0 Å². The van der Waals surface area contributed by atoms with Gasteiger partial charge in [0.05, 0.1) is 16.7 Å². The number of carbonyl (C=O) groups excluding carboxylic acids is 2. The number of hydrogen-bond acceptors (Lipinski definition) is 4. The number of carbonyl (C=O) groups is 2. The zero-order valence-electron chi connectivity index (χ0n) is 11.9. The van der Waals surface area contributed by atoms with E-state index in [-0.39, 0.29) is 17.9 Å². The summed E-state index contributed by atoms with van der Waals surface area (Å²) in [6.45, 7) is 9.33. The van der Waals surface area contributed by atoms with Gasteiger partial charge in [-0.2, -0.15) is 0 Å². The van der Waals surface area contributed by atoms with Crippen molar-refractivity contribution in [1.82, 2.24) is 15.2 Å². The highest BCUT2D eigenvalue weighted by molar-refractivity contribution is 7.11. The fourth-order valence-corrected chi connectivity index (χ4v) is 3.50. The van der Waals surface area contributed by atoms with Gasteiger partial charge in [0.25, 0.3) is 0 Å². The molecule has 1 N–H and O–H groups in total. The summed E-state index contributed by atoms with van der Waals surface area (Å²) < 4.78 is 0. The number of aromatic nitrogens is 1. The molecular weight excluding hydrogens is 262 g/mol. The smallest absolute Gasteiger partial charge is 0.246 e. The third-order valence-corrected chi connectivity index (χ3v) is 4.76. The van der Waals surface area contributed by atoms with Crippen molar-refractivity contribution in [2.24, 2.45) is 0 Å². The van der Waals surface area contributed by atoms with Crippen molar-refractivity contribution in [3.8, 4) is 0 Å². The van der Waals surface area contributed by atoms with Crippen molar-refractivity contribution >= 4 is 23.2 Å². The first-order valence-corrected chi connectivity index (χ1v) is 7.21. The van der Waals surface area contributed by atoms with Crippen LogP contribution in [0, 0.1) is 13.8 Å². The van der Waals surface area contributed by atoms with Crippen LogP contribution >= 0.6 is 11.3 Å². The highest BCUT2D eigenvalue weighted by Gasteiger charge is 2.39. The Hall–Kier alpha value is -1.43. The molecule has 3 atom stereocenters. The van der Waals surface area contributed by atoms with Crippen molar-refractivity contribution in [3.05, 3.63) is 15.6 Å². The fourth-order valence-electron chi connectivity index (χ4n) is 2.52. The molecule has 1 fully saturated rings. The molecule has 6 heteroatoms. The number of rotatable bonds is 2. The molecule has 0 spiro atoms. The predicted molar refractivity (Wildman–Crippen MR) is 73.9 cm³/mol. The molecule has 2 rings (SSSR count). The Labute approximate surface area is 117 Å². The van der Waals surface area contributed by atoms with E-state index < -0.39 is 12.1 Å². The maximum Gasteiger partial charge on any atom is 0.246 e. The van der Waals surface area contributed by atoms with Crippen molar-refractivity contribution < 1.29 is 9.59 Å². The maximum atomic E-state index is 12.3. The number of aryl methyl sites for hydroxylation is 2. The van der Waals surface area contributed by atoms with E-state index in [9.17, 15) is 9.59 Å². The van der Waals surface area contributed by atoms with Gasteiger partial charge >= 0.3 is 0 Å². The Morgan fingerprint density at radius 2 is 1.95 bits per heavy atom. The van der Waals surface area contributed by atoms with Gasteiger partial charge < -0.3 is 10.2 Å². The molecule has 1 saturated heterocycles. The minimum absolute atomic E-state index is 0.0370. The van der Waals surface area contributed by atoms with Crippen molar-refractivity contribution in [2.75, 3.05) is 0 Å². The van der Waals surface area contributed by atoms with E-state index in [0.29, 0.717) is 0 Å². The quantitative estimate of drug-likeness (QED) is 0.894. The molecule has 3 unspecified atom stereocenters. The zero-order valence-corrected chi connectivity index (χ0v) is 12.7. The van der Waals surface area contributed by atoms with Crippen LogP contribution in [0.2, 0.25) is 0 Å². The summed E-state index contributed by atoms with van der Waals surface area (Å²) in [5, 5.41) is 3.67. The summed E-state index contributed by atoms with van der Waals surface area (Å²) in [6, 6.07) is -1.02. The van der Waals surface area contributed by atoms with E-state index in [2.05, 4.69) is 10.3 Å². The second-order valence-electron chi connectivity index (χ2n) is 5.01. The first-order chi connectivity index (χ1) is 8.82. The molecule has 0 aliphatic carbocycles. The van der Waals surface area contributed by atoms with Crippen LogP contribution in [0.1, 0.15) is 42.4 Å². The molecule has 1 aromatic heterocycles. The van der Waals surface area contributed by atoms with Crippen LogP contribution in [0.3, 0.4) is 0 Å². The van der Waals surface area contributed by atoms with E-state index in [1.54, 1.807) is 30.1 Å². The summed E-state index contributed by atoms with van der Waals surface area (Å²) in [6.07, 6.45) is 0. The van der Waals surface area contributed by atoms with Crippen molar-refractivity contribution in [1.29, 1.82) is 0 Å². The Bertz CT molecular complexity index is 526. The highest BCUT2D eigenvalue weighted by atomic mass is 32.1. The largest absolute Gasteiger partial charge is 0.343 e. The number of thiazole rings is 1. The van der Waals surface area contributed by atoms with E-state index in [0.717, 1.165) is 15.6 Å². The van der Waals surface area contributed by atoms with Crippen LogP contribution in [0.15, 0.2) is 0 Å². The second-order valence-corrected chi connectivity index (χ2v) is 6.25. The Balaban J connectivity index is 2.35. The Kier molecular flexibility index (Phi) is 3.62. The highest BCUT2D eigenvalue weighted by Crippen LogP contribution is 2.31. The van der Waals surface area contributed by atoms with Crippen LogP contribution in [0.4, 0.5) is 0 Å². The monoisotopic (exact) mass is 281 g/mol. The molecule has 0 saturated carbocycles. The lowest BCUT2D eigenvalue weighted by atomic mass is 10.1. The molecule has 2 heterocycles. The molecule has 2 amide bonds. The molecule has 104 valence electrons. The SMILES string of the molecule is Cc1nc(C)c(C(C)N2C(=O)C(C)NC(=O)C2C)s1. The van der Waals surface area contributed by atoms with Crippen LogP contribution in [0.5, 0.6) is 0 Å². The summed E-state index contributed by atoms with van der Waals surface area (Å²) in [5.74, 6) is -0.136. The fraction of sp³-hybridized carbons (Fsp3) is 0.615. The third kappa shape index (κ3) is 2.36. The molecule has 1 aromatic rings. The normalized spacial score (nSPS) is 25.4. The lowest BCUT2D eigenvalue weighted by Crippen LogP contribution is -2.61. The van der Waals surface area contributed by atoms with Gasteiger partial charge in [0.15, 0.2) is 0 Å². The van der Waals surface area contributed by atoms with Crippen LogP contribution in [-0.2, 0) is 9.59 Å². The minimum atomic E-state index is -0.458. The minimum Gasteiger partial charge on any atom is -0.343 e. The maximum absolute atomic E-state index is 12.3. The number of piperazine rings is 1. The summed E-state index contributed by atoms with van der Waals surface area (Å²) in [7, 11) is 0. The zero-order chi connectivity index (χ0) is 14.3. The number of nitrogens with zero attached hydrogens (tertiary/aromatic N) is 2. The number of nitrogens with one attached hydrogen (secondary N) is 1. The summed E-state index contributed by atoms with van der Waals surface area (Å²) in [5.41, 5.74) is 0.939. The number of hydrogen-bond donors (Lipinski definition) is 1. The predicted octanol–water partition coefficient (Wildman–Crippen LogP) is 1.56. The van der Waals surface area contributed by atoms with Gasteiger partial charge in [-0.15, -0.1) is 11.3 Å². The van der Waals surface area contributed by atoms with E-state index in [1.165, 1.54) is 0 Å². The Morgan fingerprint density at radius 3 is 2.47 bits per heavy atom. The van der Waals surface area contributed by atoms with E-state index in [1.807, 2.05) is 20.8 Å². The van der Waals surface area contributed by atoms with Gasteiger partial charge in [-0.3, -0.25) is 9.59 Å². The summed E-state index contributed by atoms with van der Waals surface area (Å²) >= 11 is 1.59. The van der Waals surface area contributed by atoms with Gasteiger partial charge in [0.2, 0.25) is 11.8 Å². The Morgan fingerprint density at radius 1 is 1.32 bits per heavy atom. The van der Waals surface area contributed by atoms with Crippen LogP contribution in [-0.4, -0.2) is 33.8 Å². The topological polar surface area (TPSA) is 62.3 Å². The first-order valence-electron chi connectivity index (χ1n) is 6.39. The molecule has 5 nitrogen and oxygen atoms in total. The van der Waals surface area contributed by atoms with Gasteiger partial charge in [0, 0.05) is 4.88 Å². The molecular formula is C13H19N3O2S. The second kappa shape index (κ2) is 4.92.